The molecular weight excluding hydrogens is 509 g/mol. The normalized spacial score (nSPS) is 25.6. The van der Waals surface area contributed by atoms with Crippen molar-refractivity contribution in [3.05, 3.63) is 59.7 Å². The second-order valence-corrected chi connectivity index (χ2v) is 15.4. The van der Waals surface area contributed by atoms with Gasteiger partial charge in [0, 0.05) is 22.6 Å². The summed E-state index contributed by atoms with van der Waals surface area (Å²) in [7, 11) is -3.71. The molecule has 2 aromatic carbocycles. The molecule has 4 rings (SSSR count). The van der Waals surface area contributed by atoms with Gasteiger partial charge in [0.25, 0.3) is 0 Å². The maximum atomic E-state index is 12.9. The molecule has 0 saturated heterocycles. The molecule has 2 aromatic rings. The van der Waals surface area contributed by atoms with Crippen molar-refractivity contribution in [2.45, 2.75) is 84.7 Å². The number of hydrogen-bond acceptors (Lipinski definition) is 6. The lowest BCUT2D eigenvalue weighted by atomic mass is 10.2. The summed E-state index contributed by atoms with van der Waals surface area (Å²) >= 11 is 0. The quantitative estimate of drug-likeness (QED) is 0.445. The molecule has 0 spiro atoms. The van der Waals surface area contributed by atoms with Gasteiger partial charge in [-0.1, -0.05) is 69.8 Å². The molecule has 34 heavy (non-hydrogen) atoms. The van der Waals surface area contributed by atoms with Gasteiger partial charge in [0.1, 0.15) is 0 Å². The third kappa shape index (κ3) is 6.39. The summed E-state index contributed by atoms with van der Waals surface area (Å²) in [6, 6.07) is 13.6. The summed E-state index contributed by atoms with van der Waals surface area (Å²) in [5.74, 6) is 0. The van der Waals surface area contributed by atoms with Gasteiger partial charge in [-0.2, -0.15) is 0 Å². The van der Waals surface area contributed by atoms with Crippen molar-refractivity contribution in [3.63, 3.8) is 0 Å². The SMILES string of the molecule is Cc1ccc(S(=O)(=O)N[C@@H]2CCC[C@H]2SS[C@@H]2CCC[C@H]2NS(=O)(=O)c2ccc(C)cc2)cc1. The van der Waals surface area contributed by atoms with E-state index in [2.05, 4.69) is 9.44 Å². The van der Waals surface area contributed by atoms with Crippen molar-refractivity contribution >= 4 is 41.6 Å². The number of rotatable bonds is 9. The first-order valence-electron chi connectivity index (χ1n) is 11.6. The highest BCUT2D eigenvalue weighted by Gasteiger charge is 2.36. The Morgan fingerprint density at radius 3 is 1.32 bits per heavy atom. The molecule has 0 radical (unpaired) electrons. The highest BCUT2D eigenvalue weighted by atomic mass is 33.1. The van der Waals surface area contributed by atoms with Gasteiger partial charge in [-0.25, -0.2) is 26.3 Å². The first-order chi connectivity index (χ1) is 16.1. The lowest BCUT2D eigenvalue weighted by Crippen LogP contribution is -2.39. The van der Waals surface area contributed by atoms with Crippen LogP contribution in [0.15, 0.2) is 58.3 Å². The lowest BCUT2D eigenvalue weighted by Gasteiger charge is -2.24. The molecule has 2 aliphatic rings. The Hall–Kier alpha value is -1.04. The molecule has 0 unspecified atom stereocenters. The molecule has 0 bridgehead atoms. The maximum absolute atomic E-state index is 12.9. The first-order valence-corrected chi connectivity index (χ1v) is 16.9. The van der Waals surface area contributed by atoms with Crippen LogP contribution in [0.3, 0.4) is 0 Å². The zero-order valence-electron chi connectivity index (χ0n) is 19.4. The van der Waals surface area contributed by atoms with Gasteiger partial charge in [0.15, 0.2) is 0 Å². The number of hydrogen-bond donors (Lipinski definition) is 2. The molecule has 2 N–H and O–H groups in total. The minimum Gasteiger partial charge on any atom is -0.207 e. The fraction of sp³-hybridized carbons (Fsp3) is 0.500. The van der Waals surface area contributed by atoms with Crippen LogP contribution >= 0.6 is 21.6 Å². The fourth-order valence-electron chi connectivity index (χ4n) is 4.46. The molecule has 10 heteroatoms. The molecular formula is C24H32N2O4S4. The maximum Gasteiger partial charge on any atom is 0.240 e. The van der Waals surface area contributed by atoms with Crippen LogP contribution in [0.25, 0.3) is 0 Å². The van der Waals surface area contributed by atoms with E-state index in [4.69, 9.17) is 0 Å². The second kappa shape index (κ2) is 10.9. The topological polar surface area (TPSA) is 92.3 Å². The largest absolute Gasteiger partial charge is 0.240 e. The molecule has 6 nitrogen and oxygen atoms in total. The van der Waals surface area contributed by atoms with Gasteiger partial charge < -0.3 is 0 Å². The Labute approximate surface area is 211 Å². The van der Waals surface area contributed by atoms with Gasteiger partial charge in [0.2, 0.25) is 20.0 Å². The molecule has 0 aliphatic heterocycles. The number of benzene rings is 2. The van der Waals surface area contributed by atoms with Crippen LogP contribution in [0.1, 0.15) is 49.7 Å². The van der Waals surface area contributed by atoms with E-state index in [1.165, 1.54) is 0 Å². The third-order valence-electron chi connectivity index (χ3n) is 6.48. The fourth-order valence-corrected chi connectivity index (χ4v) is 11.0. The lowest BCUT2D eigenvalue weighted by molar-refractivity contribution is 0.553. The highest BCUT2D eigenvalue weighted by Crippen LogP contribution is 2.44. The standard InChI is InChI=1S/C24H32N2O4S4/c1-17-9-13-19(14-10-17)33(27,28)25-21-5-3-7-23(21)31-32-24-8-4-6-22(24)26-34(29,30)20-15-11-18(2)12-16-20/h9-16,21-26H,3-8H2,1-2H3/t21-,22-,23-,24-/m1/s1. The third-order valence-corrected chi connectivity index (χ3v) is 13.0. The van der Waals surface area contributed by atoms with Crippen molar-refractivity contribution in [2.24, 2.45) is 0 Å². The minimum atomic E-state index is -3.56. The molecule has 0 aromatic heterocycles. The van der Waals surface area contributed by atoms with Gasteiger partial charge in [-0.15, -0.1) is 0 Å². The smallest absolute Gasteiger partial charge is 0.207 e. The minimum absolute atomic E-state index is 0.118. The molecule has 2 saturated carbocycles. The van der Waals surface area contributed by atoms with Gasteiger partial charge in [0.05, 0.1) is 9.79 Å². The van der Waals surface area contributed by atoms with Crippen molar-refractivity contribution in [3.8, 4) is 0 Å². The predicted molar refractivity (Wildman–Crippen MR) is 141 cm³/mol. The van der Waals surface area contributed by atoms with Crippen LogP contribution in [0, 0.1) is 13.8 Å². The number of nitrogens with one attached hydrogen (secondary N) is 2. The summed E-state index contributed by atoms with van der Waals surface area (Å²) in [6.45, 7) is 3.86. The monoisotopic (exact) mass is 540 g/mol. The van der Waals surface area contributed by atoms with Crippen LogP contribution < -0.4 is 9.44 Å². The van der Waals surface area contributed by atoms with Crippen LogP contribution in [0.5, 0.6) is 0 Å². The van der Waals surface area contributed by atoms with Crippen LogP contribution in [-0.2, 0) is 20.0 Å². The van der Waals surface area contributed by atoms with Crippen molar-refractivity contribution < 1.29 is 16.8 Å². The zero-order valence-corrected chi connectivity index (χ0v) is 22.7. The van der Waals surface area contributed by atoms with Gasteiger partial charge >= 0.3 is 0 Å². The molecule has 2 fully saturated rings. The van der Waals surface area contributed by atoms with E-state index in [9.17, 15) is 16.8 Å². The summed E-state index contributed by atoms with van der Waals surface area (Å²) in [5, 5.41) is 0.334. The van der Waals surface area contributed by atoms with Gasteiger partial charge in [-0.3, -0.25) is 0 Å². The number of aryl methyl sites for hydroxylation is 2. The van der Waals surface area contributed by atoms with Gasteiger partial charge in [-0.05, 0) is 63.8 Å². The zero-order chi connectivity index (χ0) is 24.3. The van der Waals surface area contributed by atoms with E-state index in [1.54, 1.807) is 45.9 Å². The molecule has 0 heterocycles. The van der Waals surface area contributed by atoms with E-state index in [0.717, 1.165) is 49.7 Å². The predicted octanol–water partition coefficient (Wildman–Crippen LogP) is 4.78. The van der Waals surface area contributed by atoms with Crippen molar-refractivity contribution in [1.82, 2.24) is 9.44 Å². The summed E-state index contributed by atoms with van der Waals surface area (Å²) < 4.78 is 57.3. The Kier molecular flexibility index (Phi) is 8.36. The van der Waals surface area contributed by atoms with Crippen LogP contribution in [0.4, 0.5) is 0 Å². The van der Waals surface area contributed by atoms with E-state index in [0.29, 0.717) is 9.79 Å². The number of sulfonamides is 2. The van der Waals surface area contributed by atoms with Crippen molar-refractivity contribution in [1.29, 1.82) is 0 Å². The van der Waals surface area contributed by atoms with Crippen LogP contribution in [0.2, 0.25) is 0 Å². The highest BCUT2D eigenvalue weighted by molar-refractivity contribution is 8.77. The van der Waals surface area contributed by atoms with E-state index < -0.39 is 20.0 Å². The molecule has 2 aliphatic carbocycles. The molecule has 186 valence electrons. The summed E-state index contributed by atoms with van der Waals surface area (Å²) in [5.41, 5.74) is 2.04. The first kappa shape index (κ1) is 26.0. The average Bonchev–Trinajstić information content (AvgIpc) is 3.41. The molecule has 0 amide bonds. The Morgan fingerprint density at radius 2 is 0.971 bits per heavy atom. The van der Waals surface area contributed by atoms with Crippen molar-refractivity contribution in [2.75, 3.05) is 0 Å². The van der Waals surface area contributed by atoms with E-state index in [-0.39, 0.29) is 22.6 Å². The Bertz CT molecular complexity index is 1090. The average molecular weight is 541 g/mol. The Morgan fingerprint density at radius 1 is 0.618 bits per heavy atom. The van der Waals surface area contributed by atoms with Crippen LogP contribution in [-0.4, -0.2) is 39.4 Å². The molecule has 4 atom stereocenters. The summed E-state index contributed by atoms with van der Waals surface area (Å²) in [6.07, 6.45) is 5.49. The van der Waals surface area contributed by atoms with E-state index >= 15 is 0 Å². The second-order valence-electron chi connectivity index (χ2n) is 9.21. The summed E-state index contributed by atoms with van der Waals surface area (Å²) in [4.78, 5) is 0.588. The Balaban J connectivity index is 1.35. The van der Waals surface area contributed by atoms with E-state index in [1.807, 2.05) is 38.1 Å².